The first-order chi connectivity index (χ1) is 10.8. The molecule has 0 saturated carbocycles. The molecule has 1 aliphatic heterocycles. The molecular weight excluding hydrogens is 268 g/mol. The van der Waals surface area contributed by atoms with Gasteiger partial charge in [-0.25, -0.2) is 0 Å². The average Bonchev–Trinajstić information content (AvgIpc) is 3.04. The molecule has 2 rings (SSSR count). The van der Waals surface area contributed by atoms with E-state index in [4.69, 9.17) is 0 Å². The molecule has 0 N–H and O–H groups in total. The number of nitrogens with zero attached hydrogens (tertiary/aromatic N) is 2. The molecule has 1 heterocycles. The largest absolute Gasteiger partial charge is 0.300 e. The van der Waals surface area contributed by atoms with Crippen molar-refractivity contribution in [1.82, 2.24) is 4.90 Å². The van der Waals surface area contributed by atoms with Gasteiger partial charge in [-0.15, -0.1) is 0 Å². The summed E-state index contributed by atoms with van der Waals surface area (Å²) < 4.78 is 0. The van der Waals surface area contributed by atoms with Gasteiger partial charge in [0.2, 0.25) is 0 Å². The highest BCUT2D eigenvalue weighted by Crippen LogP contribution is 2.17. The lowest BCUT2D eigenvalue weighted by Gasteiger charge is -2.13. The monoisotopic (exact) mass is 296 g/mol. The second kappa shape index (κ2) is 9.37. The van der Waals surface area contributed by atoms with Crippen LogP contribution in [0.4, 0.5) is 0 Å². The van der Waals surface area contributed by atoms with Crippen molar-refractivity contribution in [3.05, 3.63) is 53.6 Å². The summed E-state index contributed by atoms with van der Waals surface area (Å²) in [5.74, 6) is 0. The van der Waals surface area contributed by atoms with Crippen LogP contribution in [0.3, 0.4) is 0 Å². The highest BCUT2D eigenvalue weighted by molar-refractivity contribution is 5.74. The van der Waals surface area contributed by atoms with Crippen molar-refractivity contribution in [3.63, 3.8) is 0 Å². The highest BCUT2D eigenvalue weighted by Gasteiger charge is 2.10. The predicted molar refractivity (Wildman–Crippen MR) is 97.6 cm³/mol. The molecular formula is C20H28N2. The number of hydrogen-bond acceptors (Lipinski definition) is 2. The third kappa shape index (κ3) is 5.61. The van der Waals surface area contributed by atoms with Crippen LogP contribution >= 0.6 is 0 Å². The zero-order valence-corrected chi connectivity index (χ0v) is 14.0. The molecule has 0 bridgehead atoms. The predicted octanol–water partition coefficient (Wildman–Crippen LogP) is 4.51. The van der Waals surface area contributed by atoms with Gasteiger partial charge in [0.05, 0.1) is 6.54 Å². The Morgan fingerprint density at radius 2 is 1.91 bits per heavy atom. The molecule has 0 unspecified atom stereocenters. The second-order valence-corrected chi connectivity index (χ2v) is 5.93. The van der Waals surface area contributed by atoms with Gasteiger partial charge in [-0.05, 0) is 56.5 Å². The minimum Gasteiger partial charge on any atom is -0.300 e. The zero-order chi connectivity index (χ0) is 15.6. The quantitative estimate of drug-likeness (QED) is 0.676. The van der Waals surface area contributed by atoms with E-state index in [1.807, 2.05) is 12.3 Å². The molecule has 1 aromatic rings. The fraction of sp³-hybridized carbons (Fsp3) is 0.450. The molecule has 0 spiro atoms. The smallest absolute Gasteiger partial charge is 0.0642 e. The van der Waals surface area contributed by atoms with E-state index in [0.29, 0.717) is 0 Å². The third-order valence-electron chi connectivity index (χ3n) is 4.04. The Labute approximate surface area is 135 Å². The Kier molecular flexibility index (Phi) is 7.11. The minimum atomic E-state index is 0.755. The number of rotatable bonds is 7. The maximum atomic E-state index is 4.55. The van der Waals surface area contributed by atoms with Crippen LogP contribution in [0, 0.1) is 6.92 Å². The molecule has 0 aliphatic carbocycles. The minimum absolute atomic E-state index is 0.755. The molecule has 1 aliphatic rings. The summed E-state index contributed by atoms with van der Waals surface area (Å²) in [6, 6.07) is 8.78. The topological polar surface area (TPSA) is 15.6 Å². The van der Waals surface area contributed by atoms with Crippen molar-refractivity contribution < 1.29 is 0 Å². The Balaban J connectivity index is 2.05. The summed E-state index contributed by atoms with van der Waals surface area (Å²) in [6.07, 6.45) is 12.2. The van der Waals surface area contributed by atoms with Crippen LogP contribution in [0.2, 0.25) is 0 Å². The number of hydrogen-bond donors (Lipinski definition) is 0. The maximum Gasteiger partial charge on any atom is 0.0642 e. The van der Waals surface area contributed by atoms with E-state index in [9.17, 15) is 0 Å². The van der Waals surface area contributed by atoms with Crippen LogP contribution < -0.4 is 0 Å². The van der Waals surface area contributed by atoms with Gasteiger partial charge in [-0.1, -0.05) is 48.9 Å². The van der Waals surface area contributed by atoms with Gasteiger partial charge in [0, 0.05) is 12.8 Å². The second-order valence-electron chi connectivity index (χ2n) is 5.93. The molecule has 2 heteroatoms. The van der Waals surface area contributed by atoms with Crippen molar-refractivity contribution in [2.75, 3.05) is 26.2 Å². The molecule has 0 amide bonds. The van der Waals surface area contributed by atoms with E-state index in [-0.39, 0.29) is 0 Å². The van der Waals surface area contributed by atoms with Crippen LogP contribution in [0.25, 0.3) is 5.57 Å². The van der Waals surface area contributed by atoms with Crippen LogP contribution in [-0.2, 0) is 0 Å². The molecule has 1 aromatic carbocycles. The Bertz CT molecular complexity index is 517. The fourth-order valence-electron chi connectivity index (χ4n) is 2.65. The van der Waals surface area contributed by atoms with Crippen molar-refractivity contribution in [3.8, 4) is 0 Å². The summed E-state index contributed by atoms with van der Waals surface area (Å²) >= 11 is 0. The van der Waals surface area contributed by atoms with Crippen molar-refractivity contribution >= 4 is 11.8 Å². The van der Waals surface area contributed by atoms with Crippen LogP contribution in [-0.4, -0.2) is 37.3 Å². The van der Waals surface area contributed by atoms with Gasteiger partial charge in [0.1, 0.15) is 0 Å². The number of aliphatic imine (C=N–C) groups is 1. The van der Waals surface area contributed by atoms with Crippen molar-refractivity contribution in [1.29, 1.82) is 0 Å². The molecule has 22 heavy (non-hydrogen) atoms. The van der Waals surface area contributed by atoms with Gasteiger partial charge in [-0.2, -0.15) is 0 Å². The van der Waals surface area contributed by atoms with E-state index in [1.54, 1.807) is 0 Å². The van der Waals surface area contributed by atoms with Gasteiger partial charge < -0.3 is 0 Å². The number of benzene rings is 1. The summed E-state index contributed by atoms with van der Waals surface area (Å²) in [4.78, 5) is 7.08. The van der Waals surface area contributed by atoms with E-state index in [2.05, 4.69) is 60.2 Å². The fourth-order valence-corrected chi connectivity index (χ4v) is 2.65. The first kappa shape index (κ1) is 16.7. The number of likely N-dealkylation sites (tertiary alicyclic amines) is 1. The molecule has 2 nitrogen and oxygen atoms in total. The van der Waals surface area contributed by atoms with Crippen LogP contribution in [0.15, 0.2) is 47.5 Å². The average molecular weight is 296 g/mol. The molecule has 0 radical (unpaired) electrons. The first-order valence-corrected chi connectivity index (χ1v) is 8.43. The first-order valence-electron chi connectivity index (χ1n) is 8.43. The third-order valence-corrected chi connectivity index (χ3v) is 4.04. The van der Waals surface area contributed by atoms with E-state index in [1.165, 1.54) is 42.6 Å². The summed E-state index contributed by atoms with van der Waals surface area (Å²) in [5.41, 5.74) is 3.92. The van der Waals surface area contributed by atoms with Crippen molar-refractivity contribution in [2.45, 2.75) is 33.1 Å². The standard InChI is InChI=1S/C20H28N2/c1-3-4-5-13-21-17-20(12-16-22-14-6-7-15-22)19-10-8-18(2)9-11-19/h4-5,8-13H,3,6-7,14-17H2,1-2H3/b5-4-,20-12-,21-13?. The van der Waals surface area contributed by atoms with E-state index in [0.717, 1.165) is 19.5 Å². The lowest BCUT2D eigenvalue weighted by atomic mass is 10.0. The van der Waals surface area contributed by atoms with Gasteiger partial charge in [-0.3, -0.25) is 9.89 Å². The van der Waals surface area contributed by atoms with E-state index < -0.39 is 0 Å². The Hall–Kier alpha value is -1.67. The normalized spacial score (nSPS) is 17.1. The lowest BCUT2D eigenvalue weighted by Crippen LogP contribution is -2.19. The summed E-state index contributed by atoms with van der Waals surface area (Å²) in [6.45, 7) is 8.54. The van der Waals surface area contributed by atoms with Crippen LogP contribution in [0.1, 0.15) is 37.3 Å². The molecule has 0 atom stereocenters. The Morgan fingerprint density at radius 1 is 1.18 bits per heavy atom. The van der Waals surface area contributed by atoms with E-state index >= 15 is 0 Å². The highest BCUT2D eigenvalue weighted by atomic mass is 15.1. The van der Waals surface area contributed by atoms with Gasteiger partial charge in [0.15, 0.2) is 0 Å². The van der Waals surface area contributed by atoms with Gasteiger partial charge >= 0.3 is 0 Å². The zero-order valence-electron chi connectivity index (χ0n) is 14.0. The maximum absolute atomic E-state index is 4.55. The number of allylic oxidation sites excluding steroid dienone is 2. The van der Waals surface area contributed by atoms with Gasteiger partial charge in [0.25, 0.3) is 0 Å². The molecule has 0 aromatic heterocycles. The number of aryl methyl sites for hydroxylation is 1. The summed E-state index contributed by atoms with van der Waals surface area (Å²) in [5, 5.41) is 0. The molecule has 118 valence electrons. The Morgan fingerprint density at radius 3 is 2.59 bits per heavy atom. The molecule has 1 fully saturated rings. The SMILES string of the molecule is CC/C=C\C=NC/C(=C/CN1CCCC1)c1ccc(C)cc1. The molecule has 1 saturated heterocycles. The van der Waals surface area contributed by atoms with Crippen molar-refractivity contribution in [2.24, 2.45) is 4.99 Å². The van der Waals surface area contributed by atoms with Crippen LogP contribution in [0.5, 0.6) is 0 Å². The summed E-state index contributed by atoms with van der Waals surface area (Å²) in [7, 11) is 0. The lowest BCUT2D eigenvalue weighted by molar-refractivity contribution is 0.377.